The zero-order valence-corrected chi connectivity index (χ0v) is 12.0. The number of hydrogen-bond acceptors (Lipinski definition) is 3. The molecule has 1 atom stereocenters. The summed E-state index contributed by atoms with van der Waals surface area (Å²) >= 11 is 0. The van der Waals surface area contributed by atoms with Crippen molar-refractivity contribution in [1.82, 2.24) is 5.32 Å². The van der Waals surface area contributed by atoms with Crippen LogP contribution >= 0.6 is 0 Å². The van der Waals surface area contributed by atoms with E-state index >= 15 is 0 Å². The van der Waals surface area contributed by atoms with Crippen LogP contribution in [0.3, 0.4) is 0 Å². The number of halogens is 1. The molecule has 0 aliphatic carbocycles. The second-order valence-corrected chi connectivity index (χ2v) is 5.40. The molecule has 1 aromatic carbocycles. The molecule has 4 heteroatoms. The first-order chi connectivity index (χ1) is 8.87. The molecule has 0 saturated heterocycles. The number of hydrogen-bond donors (Lipinski definition) is 1. The van der Waals surface area contributed by atoms with Crippen LogP contribution in [-0.4, -0.2) is 25.2 Å². The third kappa shape index (κ3) is 4.63. The zero-order valence-electron chi connectivity index (χ0n) is 12.0. The van der Waals surface area contributed by atoms with Gasteiger partial charge in [0.2, 0.25) is 0 Å². The summed E-state index contributed by atoms with van der Waals surface area (Å²) in [6.45, 7) is 6.67. The van der Waals surface area contributed by atoms with E-state index in [1.165, 1.54) is 19.2 Å². The minimum atomic E-state index is -0.795. The van der Waals surface area contributed by atoms with Crippen molar-refractivity contribution in [3.05, 3.63) is 35.6 Å². The fourth-order valence-corrected chi connectivity index (χ4v) is 1.87. The zero-order chi connectivity index (χ0) is 14.5. The van der Waals surface area contributed by atoms with E-state index in [0.717, 1.165) is 5.56 Å². The molecule has 0 aromatic heterocycles. The normalized spacial score (nSPS) is 14.2. The van der Waals surface area contributed by atoms with Crippen molar-refractivity contribution >= 4 is 5.97 Å². The van der Waals surface area contributed by atoms with Crippen molar-refractivity contribution in [1.29, 1.82) is 0 Å². The number of rotatable bonds is 6. The second kappa shape index (κ2) is 6.66. The highest BCUT2D eigenvalue weighted by Gasteiger charge is 2.34. The first-order valence-corrected chi connectivity index (χ1v) is 6.45. The number of ether oxygens (including phenoxy) is 1. The summed E-state index contributed by atoms with van der Waals surface area (Å²) in [5.41, 5.74) is 0.0992. The van der Waals surface area contributed by atoms with Crippen molar-refractivity contribution in [2.45, 2.75) is 32.7 Å². The summed E-state index contributed by atoms with van der Waals surface area (Å²) in [6.07, 6.45) is 0.465. The van der Waals surface area contributed by atoms with E-state index in [4.69, 9.17) is 4.74 Å². The molecule has 0 fully saturated rings. The summed E-state index contributed by atoms with van der Waals surface area (Å²) in [7, 11) is 1.38. The standard InChI is InChI=1S/C15H22FNO2/c1-11(2)10-17-15(3,14(18)19-4)9-12-5-7-13(16)8-6-12/h5-8,11,17H,9-10H2,1-4H3. The van der Waals surface area contributed by atoms with Gasteiger partial charge in [-0.25, -0.2) is 4.39 Å². The van der Waals surface area contributed by atoms with Gasteiger partial charge in [-0.2, -0.15) is 0 Å². The van der Waals surface area contributed by atoms with E-state index in [1.807, 2.05) is 6.92 Å². The topological polar surface area (TPSA) is 38.3 Å². The van der Waals surface area contributed by atoms with Gasteiger partial charge in [0.25, 0.3) is 0 Å². The highest BCUT2D eigenvalue weighted by Crippen LogP contribution is 2.16. The van der Waals surface area contributed by atoms with Crippen LogP contribution in [0.15, 0.2) is 24.3 Å². The van der Waals surface area contributed by atoms with Crippen molar-refractivity contribution in [3.63, 3.8) is 0 Å². The van der Waals surface area contributed by atoms with E-state index in [1.54, 1.807) is 12.1 Å². The molecule has 0 radical (unpaired) electrons. The number of carbonyl (C=O) groups is 1. The van der Waals surface area contributed by atoms with Crippen molar-refractivity contribution < 1.29 is 13.9 Å². The average molecular weight is 267 g/mol. The number of methoxy groups -OCH3 is 1. The average Bonchev–Trinajstić information content (AvgIpc) is 2.38. The maximum Gasteiger partial charge on any atom is 0.326 e. The van der Waals surface area contributed by atoms with Crippen LogP contribution in [0.5, 0.6) is 0 Å². The molecule has 0 aliphatic heterocycles. The molecule has 0 aliphatic rings. The van der Waals surface area contributed by atoms with Gasteiger partial charge in [0, 0.05) is 6.42 Å². The summed E-state index contributed by atoms with van der Waals surface area (Å²) < 4.78 is 17.8. The van der Waals surface area contributed by atoms with Crippen LogP contribution in [0.1, 0.15) is 26.3 Å². The molecule has 19 heavy (non-hydrogen) atoms. The lowest BCUT2D eigenvalue weighted by atomic mass is 9.92. The monoisotopic (exact) mass is 267 g/mol. The fourth-order valence-electron chi connectivity index (χ4n) is 1.87. The molecule has 1 unspecified atom stereocenters. The Labute approximate surface area is 114 Å². The molecule has 0 amide bonds. The SMILES string of the molecule is COC(=O)C(C)(Cc1ccc(F)cc1)NCC(C)C. The van der Waals surface area contributed by atoms with E-state index in [2.05, 4.69) is 19.2 Å². The Kier molecular flexibility index (Phi) is 5.48. The smallest absolute Gasteiger partial charge is 0.326 e. The van der Waals surface area contributed by atoms with Gasteiger partial charge in [0.15, 0.2) is 0 Å². The van der Waals surface area contributed by atoms with Gasteiger partial charge in [-0.1, -0.05) is 26.0 Å². The van der Waals surface area contributed by atoms with Crippen molar-refractivity contribution in [3.8, 4) is 0 Å². The first-order valence-electron chi connectivity index (χ1n) is 6.45. The van der Waals surface area contributed by atoms with E-state index in [0.29, 0.717) is 18.9 Å². The summed E-state index contributed by atoms with van der Waals surface area (Å²) in [5.74, 6) is -0.159. The van der Waals surface area contributed by atoms with Crippen molar-refractivity contribution in [2.75, 3.05) is 13.7 Å². The van der Waals surface area contributed by atoms with Crippen LogP contribution in [0.4, 0.5) is 4.39 Å². The summed E-state index contributed by atoms with van der Waals surface area (Å²) in [5, 5.41) is 3.24. The van der Waals surface area contributed by atoms with Gasteiger partial charge in [0.1, 0.15) is 11.4 Å². The lowest BCUT2D eigenvalue weighted by Crippen LogP contribution is -2.53. The van der Waals surface area contributed by atoms with Gasteiger partial charge in [0.05, 0.1) is 7.11 Å². The molecule has 1 N–H and O–H groups in total. The molecule has 0 spiro atoms. The molecular formula is C15H22FNO2. The summed E-state index contributed by atoms with van der Waals surface area (Å²) in [6, 6.07) is 6.17. The summed E-state index contributed by atoms with van der Waals surface area (Å²) in [4.78, 5) is 12.0. The Morgan fingerprint density at radius 3 is 2.42 bits per heavy atom. The molecule has 1 aromatic rings. The van der Waals surface area contributed by atoms with Gasteiger partial charge in [-0.15, -0.1) is 0 Å². The highest BCUT2D eigenvalue weighted by atomic mass is 19.1. The maximum atomic E-state index is 12.9. The minimum absolute atomic E-state index is 0.279. The third-order valence-electron chi connectivity index (χ3n) is 3.01. The van der Waals surface area contributed by atoms with Gasteiger partial charge < -0.3 is 10.1 Å². The number of nitrogens with one attached hydrogen (secondary N) is 1. The third-order valence-corrected chi connectivity index (χ3v) is 3.01. The van der Waals surface area contributed by atoms with Crippen LogP contribution in [0.2, 0.25) is 0 Å². The van der Waals surface area contributed by atoms with Crippen molar-refractivity contribution in [2.24, 2.45) is 5.92 Å². The Hall–Kier alpha value is -1.42. The fraction of sp³-hybridized carbons (Fsp3) is 0.533. The van der Waals surface area contributed by atoms with Crippen LogP contribution in [0, 0.1) is 11.7 Å². The Balaban J connectivity index is 2.84. The molecular weight excluding hydrogens is 245 g/mol. The molecule has 3 nitrogen and oxygen atoms in total. The Morgan fingerprint density at radius 2 is 1.95 bits per heavy atom. The van der Waals surface area contributed by atoms with E-state index in [9.17, 15) is 9.18 Å². The van der Waals surface area contributed by atoms with E-state index < -0.39 is 5.54 Å². The van der Waals surface area contributed by atoms with Gasteiger partial charge >= 0.3 is 5.97 Å². The van der Waals surface area contributed by atoms with Crippen LogP contribution in [-0.2, 0) is 16.0 Å². The minimum Gasteiger partial charge on any atom is -0.468 e. The molecule has 106 valence electrons. The predicted octanol–water partition coefficient (Wildman–Crippen LogP) is 2.55. The Morgan fingerprint density at radius 1 is 1.37 bits per heavy atom. The van der Waals surface area contributed by atoms with Gasteiger partial charge in [-0.3, -0.25) is 4.79 Å². The van der Waals surface area contributed by atoms with Crippen LogP contribution < -0.4 is 5.32 Å². The lowest BCUT2D eigenvalue weighted by molar-refractivity contribution is -0.148. The molecule has 0 saturated carbocycles. The molecule has 1 rings (SSSR count). The number of esters is 1. The number of benzene rings is 1. The second-order valence-electron chi connectivity index (χ2n) is 5.40. The predicted molar refractivity (Wildman–Crippen MR) is 73.4 cm³/mol. The first kappa shape index (κ1) is 15.6. The number of carbonyl (C=O) groups excluding carboxylic acids is 1. The lowest BCUT2D eigenvalue weighted by Gasteiger charge is -2.29. The quantitative estimate of drug-likeness (QED) is 0.805. The molecule has 0 bridgehead atoms. The Bertz CT molecular complexity index is 417. The maximum absolute atomic E-state index is 12.9. The van der Waals surface area contributed by atoms with Gasteiger partial charge in [-0.05, 0) is 37.1 Å². The van der Waals surface area contributed by atoms with Crippen LogP contribution in [0.25, 0.3) is 0 Å². The molecule has 0 heterocycles. The highest BCUT2D eigenvalue weighted by molar-refractivity contribution is 5.80. The van der Waals surface area contributed by atoms with E-state index in [-0.39, 0.29) is 11.8 Å². The largest absolute Gasteiger partial charge is 0.468 e.